The van der Waals surface area contributed by atoms with Crippen molar-refractivity contribution < 1.29 is 4.79 Å². The molecule has 1 saturated heterocycles. The van der Waals surface area contributed by atoms with Crippen molar-refractivity contribution >= 4 is 22.9 Å². The fourth-order valence-electron chi connectivity index (χ4n) is 1.47. The zero-order chi connectivity index (χ0) is 10.7. The van der Waals surface area contributed by atoms with Gasteiger partial charge in [-0.25, -0.2) is 0 Å². The first-order chi connectivity index (χ1) is 7.33. The molecule has 1 fully saturated rings. The van der Waals surface area contributed by atoms with E-state index in [1.54, 1.807) is 4.90 Å². The highest BCUT2D eigenvalue weighted by molar-refractivity contribution is 7.15. The average molecular weight is 227 g/mol. The minimum Gasteiger partial charge on any atom is -0.343 e. The van der Waals surface area contributed by atoms with Crippen molar-refractivity contribution in [2.24, 2.45) is 5.73 Å². The van der Waals surface area contributed by atoms with Crippen LogP contribution in [0.1, 0.15) is 5.01 Å². The van der Waals surface area contributed by atoms with E-state index in [-0.39, 0.29) is 0 Å². The maximum Gasteiger partial charge on any atom is 0.209 e. The van der Waals surface area contributed by atoms with Crippen molar-refractivity contribution in [3.63, 3.8) is 0 Å². The van der Waals surface area contributed by atoms with Gasteiger partial charge >= 0.3 is 0 Å². The molecule has 0 radical (unpaired) electrons. The minimum absolute atomic E-state index is 0.436. The highest BCUT2D eigenvalue weighted by Gasteiger charge is 2.18. The van der Waals surface area contributed by atoms with Crippen molar-refractivity contribution in [1.82, 2.24) is 15.1 Å². The molecule has 2 rings (SSSR count). The topological polar surface area (TPSA) is 75.3 Å². The van der Waals surface area contributed by atoms with Crippen molar-refractivity contribution in [2.45, 2.75) is 6.54 Å². The number of hydrogen-bond acceptors (Lipinski definition) is 6. The second-order valence-corrected chi connectivity index (χ2v) is 4.35. The Hall–Kier alpha value is -1.21. The monoisotopic (exact) mass is 227 g/mol. The van der Waals surface area contributed by atoms with E-state index in [2.05, 4.69) is 15.1 Å². The zero-order valence-electron chi connectivity index (χ0n) is 8.30. The third kappa shape index (κ3) is 2.24. The molecule has 0 bridgehead atoms. The Balaban J connectivity index is 1.97. The quantitative estimate of drug-likeness (QED) is 0.689. The first-order valence-corrected chi connectivity index (χ1v) is 5.62. The summed E-state index contributed by atoms with van der Waals surface area (Å²) < 4.78 is 0. The van der Waals surface area contributed by atoms with Crippen LogP contribution in [0.4, 0.5) is 5.13 Å². The highest BCUT2D eigenvalue weighted by atomic mass is 32.1. The Morgan fingerprint density at radius 1 is 1.33 bits per heavy atom. The van der Waals surface area contributed by atoms with Gasteiger partial charge < -0.3 is 15.5 Å². The molecule has 0 aromatic carbocycles. The molecular formula is C8H13N5OS. The van der Waals surface area contributed by atoms with Crippen LogP contribution in [-0.2, 0) is 11.3 Å². The lowest BCUT2D eigenvalue weighted by Gasteiger charge is -2.31. The Kier molecular flexibility index (Phi) is 3.12. The lowest BCUT2D eigenvalue weighted by atomic mass is 10.3. The molecule has 82 valence electrons. The van der Waals surface area contributed by atoms with Crippen molar-refractivity contribution in [3.8, 4) is 0 Å². The van der Waals surface area contributed by atoms with Crippen LogP contribution in [0.3, 0.4) is 0 Å². The molecule has 1 aliphatic rings. The summed E-state index contributed by atoms with van der Waals surface area (Å²) in [6.45, 7) is 3.57. The van der Waals surface area contributed by atoms with Crippen LogP contribution in [0.5, 0.6) is 0 Å². The third-order valence-corrected chi connectivity index (χ3v) is 3.37. The minimum atomic E-state index is 0.436. The molecule has 1 amide bonds. The van der Waals surface area contributed by atoms with Gasteiger partial charge in [-0.1, -0.05) is 11.3 Å². The second-order valence-electron chi connectivity index (χ2n) is 3.31. The number of carbonyl (C=O) groups is 1. The Labute approximate surface area is 91.7 Å². The molecule has 1 aliphatic heterocycles. The number of carbonyl (C=O) groups excluding carboxylic acids is 1. The van der Waals surface area contributed by atoms with E-state index in [4.69, 9.17) is 5.73 Å². The fraction of sp³-hybridized carbons (Fsp3) is 0.625. The van der Waals surface area contributed by atoms with Crippen LogP contribution in [0, 0.1) is 0 Å². The van der Waals surface area contributed by atoms with Crippen LogP contribution in [-0.4, -0.2) is 47.7 Å². The first-order valence-electron chi connectivity index (χ1n) is 4.80. The Morgan fingerprint density at radius 3 is 2.60 bits per heavy atom. The van der Waals surface area contributed by atoms with E-state index in [1.165, 1.54) is 11.3 Å². The largest absolute Gasteiger partial charge is 0.343 e. The number of aromatic nitrogens is 2. The van der Waals surface area contributed by atoms with Gasteiger partial charge in [0.1, 0.15) is 5.01 Å². The number of piperazine rings is 1. The molecule has 7 heteroatoms. The smallest absolute Gasteiger partial charge is 0.209 e. The van der Waals surface area contributed by atoms with Gasteiger partial charge in [0.2, 0.25) is 11.5 Å². The van der Waals surface area contributed by atoms with Crippen LogP contribution >= 0.6 is 11.3 Å². The van der Waals surface area contributed by atoms with Gasteiger partial charge in [-0.3, -0.25) is 4.79 Å². The zero-order valence-corrected chi connectivity index (χ0v) is 9.11. The maximum absolute atomic E-state index is 10.5. The van der Waals surface area contributed by atoms with Gasteiger partial charge in [-0.05, 0) is 0 Å². The summed E-state index contributed by atoms with van der Waals surface area (Å²) in [5.41, 5.74) is 5.47. The van der Waals surface area contributed by atoms with E-state index in [1.807, 2.05) is 0 Å². The van der Waals surface area contributed by atoms with Gasteiger partial charge in [0, 0.05) is 32.7 Å². The molecule has 1 aromatic rings. The molecule has 1 aromatic heterocycles. The summed E-state index contributed by atoms with van der Waals surface area (Å²) in [5, 5.41) is 9.79. The standard InChI is InChI=1S/C8H13N5OS/c9-5-7-10-11-8(15-7)13-3-1-12(6-14)2-4-13/h6H,1-5,9H2. The predicted octanol–water partition coefficient (Wildman–Crippen LogP) is -0.725. The second kappa shape index (κ2) is 4.54. The Morgan fingerprint density at radius 2 is 2.07 bits per heavy atom. The summed E-state index contributed by atoms with van der Waals surface area (Å²) in [7, 11) is 0. The number of rotatable bonds is 3. The molecule has 0 aliphatic carbocycles. The predicted molar refractivity (Wildman–Crippen MR) is 57.7 cm³/mol. The molecule has 0 atom stereocenters. The number of nitrogens with zero attached hydrogens (tertiary/aromatic N) is 4. The maximum atomic E-state index is 10.5. The van der Waals surface area contributed by atoms with E-state index in [0.717, 1.165) is 42.7 Å². The van der Waals surface area contributed by atoms with E-state index in [0.29, 0.717) is 6.54 Å². The number of hydrogen-bond donors (Lipinski definition) is 1. The molecule has 6 nitrogen and oxygen atoms in total. The third-order valence-electron chi connectivity index (χ3n) is 2.36. The number of nitrogens with two attached hydrogens (primary N) is 1. The van der Waals surface area contributed by atoms with Crippen LogP contribution in [0.15, 0.2) is 0 Å². The van der Waals surface area contributed by atoms with Gasteiger partial charge in [-0.15, -0.1) is 10.2 Å². The van der Waals surface area contributed by atoms with Crippen molar-refractivity contribution in [1.29, 1.82) is 0 Å². The molecule has 0 saturated carbocycles. The average Bonchev–Trinajstić information content (AvgIpc) is 2.78. The molecule has 2 heterocycles. The van der Waals surface area contributed by atoms with Crippen LogP contribution in [0.2, 0.25) is 0 Å². The van der Waals surface area contributed by atoms with Gasteiger partial charge in [0.25, 0.3) is 0 Å². The van der Waals surface area contributed by atoms with E-state index in [9.17, 15) is 4.79 Å². The normalized spacial score (nSPS) is 16.9. The Bertz CT molecular complexity index is 334. The van der Waals surface area contributed by atoms with Crippen LogP contribution < -0.4 is 10.6 Å². The van der Waals surface area contributed by atoms with Crippen molar-refractivity contribution in [2.75, 3.05) is 31.1 Å². The molecule has 0 unspecified atom stereocenters. The van der Waals surface area contributed by atoms with Crippen LogP contribution in [0.25, 0.3) is 0 Å². The summed E-state index contributed by atoms with van der Waals surface area (Å²) in [6.07, 6.45) is 0.892. The lowest BCUT2D eigenvalue weighted by Crippen LogP contribution is -2.45. The van der Waals surface area contributed by atoms with Gasteiger partial charge in [-0.2, -0.15) is 0 Å². The molecule has 2 N–H and O–H groups in total. The summed E-state index contributed by atoms with van der Waals surface area (Å²) in [6, 6.07) is 0. The number of anilines is 1. The summed E-state index contributed by atoms with van der Waals surface area (Å²) in [5.74, 6) is 0. The van der Waals surface area contributed by atoms with Gasteiger partial charge in [0.15, 0.2) is 0 Å². The first kappa shape index (κ1) is 10.3. The molecule has 0 spiro atoms. The van der Waals surface area contributed by atoms with Crippen molar-refractivity contribution in [3.05, 3.63) is 5.01 Å². The number of amides is 1. The van der Waals surface area contributed by atoms with Gasteiger partial charge in [0.05, 0.1) is 0 Å². The SMILES string of the molecule is NCc1nnc(N2CCN(C=O)CC2)s1. The molecular weight excluding hydrogens is 214 g/mol. The summed E-state index contributed by atoms with van der Waals surface area (Å²) >= 11 is 1.52. The lowest BCUT2D eigenvalue weighted by molar-refractivity contribution is -0.118. The van der Waals surface area contributed by atoms with E-state index < -0.39 is 0 Å². The fourth-order valence-corrected chi connectivity index (χ4v) is 2.24. The molecule has 15 heavy (non-hydrogen) atoms. The summed E-state index contributed by atoms with van der Waals surface area (Å²) in [4.78, 5) is 14.4. The highest BCUT2D eigenvalue weighted by Crippen LogP contribution is 2.20. The van der Waals surface area contributed by atoms with E-state index >= 15 is 0 Å².